The number of methoxy groups -OCH3 is 2. The highest BCUT2D eigenvalue weighted by Gasteiger charge is 2.13. The van der Waals surface area contributed by atoms with Gasteiger partial charge in [-0.25, -0.2) is 0 Å². The van der Waals surface area contributed by atoms with E-state index in [0.29, 0.717) is 28.8 Å². The summed E-state index contributed by atoms with van der Waals surface area (Å²) in [6, 6.07) is 15.3. The van der Waals surface area contributed by atoms with E-state index in [4.69, 9.17) is 9.47 Å². The standard InChI is InChI=1S/C20H22N4O3S/c1-24-18(11-14-7-5-4-6-8-14)22-23-20(24)28-13-19(25)21-15-9-10-16(26-2)17(12-15)27-3/h4-10,12H,11,13H2,1-3H3,(H,21,25). The Balaban J connectivity index is 1.58. The summed E-state index contributed by atoms with van der Waals surface area (Å²) in [6.07, 6.45) is 0.697. The molecule has 1 heterocycles. The molecule has 7 nitrogen and oxygen atoms in total. The lowest BCUT2D eigenvalue weighted by Crippen LogP contribution is -2.14. The normalized spacial score (nSPS) is 10.5. The number of carbonyl (C=O) groups is 1. The average molecular weight is 398 g/mol. The van der Waals surface area contributed by atoms with Gasteiger partial charge in [0.05, 0.1) is 20.0 Å². The van der Waals surface area contributed by atoms with Crippen LogP contribution in [0.25, 0.3) is 0 Å². The van der Waals surface area contributed by atoms with E-state index in [9.17, 15) is 4.79 Å². The van der Waals surface area contributed by atoms with E-state index < -0.39 is 0 Å². The molecule has 3 aromatic rings. The van der Waals surface area contributed by atoms with Crippen LogP contribution in [0, 0.1) is 0 Å². The number of aromatic nitrogens is 3. The van der Waals surface area contributed by atoms with Gasteiger partial charge >= 0.3 is 0 Å². The predicted octanol–water partition coefficient (Wildman–Crippen LogP) is 3.15. The van der Waals surface area contributed by atoms with Crippen molar-refractivity contribution in [2.45, 2.75) is 11.6 Å². The molecule has 0 bridgehead atoms. The van der Waals surface area contributed by atoms with E-state index in [-0.39, 0.29) is 11.7 Å². The van der Waals surface area contributed by atoms with Gasteiger partial charge in [-0.2, -0.15) is 0 Å². The maximum absolute atomic E-state index is 12.3. The maximum atomic E-state index is 12.3. The molecule has 0 radical (unpaired) electrons. The van der Waals surface area contributed by atoms with Crippen LogP contribution in [0.15, 0.2) is 53.7 Å². The number of amides is 1. The largest absolute Gasteiger partial charge is 0.493 e. The van der Waals surface area contributed by atoms with Gasteiger partial charge in [0, 0.05) is 25.2 Å². The van der Waals surface area contributed by atoms with Crippen molar-refractivity contribution in [1.82, 2.24) is 14.8 Å². The number of hydrogen-bond donors (Lipinski definition) is 1. The van der Waals surface area contributed by atoms with Crippen LogP contribution in [0.5, 0.6) is 11.5 Å². The summed E-state index contributed by atoms with van der Waals surface area (Å²) in [4.78, 5) is 12.3. The lowest BCUT2D eigenvalue weighted by atomic mass is 10.1. The van der Waals surface area contributed by atoms with E-state index in [1.54, 1.807) is 32.4 Å². The smallest absolute Gasteiger partial charge is 0.234 e. The number of rotatable bonds is 8. The zero-order valence-electron chi connectivity index (χ0n) is 16.0. The summed E-state index contributed by atoms with van der Waals surface area (Å²) < 4.78 is 12.4. The topological polar surface area (TPSA) is 78.3 Å². The van der Waals surface area contributed by atoms with Gasteiger partial charge < -0.3 is 19.4 Å². The lowest BCUT2D eigenvalue weighted by molar-refractivity contribution is -0.113. The minimum Gasteiger partial charge on any atom is -0.493 e. The van der Waals surface area contributed by atoms with Crippen molar-refractivity contribution in [3.63, 3.8) is 0 Å². The highest BCUT2D eigenvalue weighted by Crippen LogP contribution is 2.29. The molecule has 0 saturated carbocycles. The Kier molecular flexibility index (Phi) is 6.54. The minimum absolute atomic E-state index is 0.134. The summed E-state index contributed by atoms with van der Waals surface area (Å²) >= 11 is 1.34. The van der Waals surface area contributed by atoms with Gasteiger partial charge in [0.15, 0.2) is 16.7 Å². The highest BCUT2D eigenvalue weighted by molar-refractivity contribution is 7.99. The summed E-state index contributed by atoms with van der Waals surface area (Å²) in [5.41, 5.74) is 1.81. The van der Waals surface area contributed by atoms with Crippen molar-refractivity contribution in [2.24, 2.45) is 7.05 Å². The summed E-state index contributed by atoms with van der Waals surface area (Å²) in [7, 11) is 5.03. The predicted molar refractivity (Wildman–Crippen MR) is 109 cm³/mol. The number of carbonyl (C=O) groups excluding carboxylic acids is 1. The van der Waals surface area contributed by atoms with Crippen molar-refractivity contribution < 1.29 is 14.3 Å². The van der Waals surface area contributed by atoms with Gasteiger partial charge in [-0.3, -0.25) is 4.79 Å². The first kappa shape index (κ1) is 19.8. The van der Waals surface area contributed by atoms with Crippen LogP contribution >= 0.6 is 11.8 Å². The van der Waals surface area contributed by atoms with Crippen LogP contribution in [0.4, 0.5) is 5.69 Å². The Labute approximate surface area is 168 Å². The van der Waals surface area contributed by atoms with Crippen LogP contribution in [0.1, 0.15) is 11.4 Å². The van der Waals surface area contributed by atoms with Crippen molar-refractivity contribution in [1.29, 1.82) is 0 Å². The Morgan fingerprint density at radius 3 is 2.54 bits per heavy atom. The third-order valence-corrected chi connectivity index (χ3v) is 5.15. The van der Waals surface area contributed by atoms with E-state index in [0.717, 1.165) is 5.82 Å². The molecular weight excluding hydrogens is 376 g/mol. The molecule has 0 saturated heterocycles. The molecule has 0 fully saturated rings. The molecule has 1 amide bonds. The summed E-state index contributed by atoms with van der Waals surface area (Å²) in [5.74, 6) is 2.12. The fourth-order valence-electron chi connectivity index (χ4n) is 2.64. The summed E-state index contributed by atoms with van der Waals surface area (Å²) in [5, 5.41) is 12.0. The monoisotopic (exact) mass is 398 g/mol. The second-order valence-corrected chi connectivity index (χ2v) is 6.97. The molecule has 2 aromatic carbocycles. The molecule has 0 aliphatic carbocycles. The maximum Gasteiger partial charge on any atom is 0.234 e. The van der Waals surface area contributed by atoms with Crippen LogP contribution < -0.4 is 14.8 Å². The van der Waals surface area contributed by atoms with Crippen LogP contribution in [0.3, 0.4) is 0 Å². The first-order valence-electron chi connectivity index (χ1n) is 8.67. The SMILES string of the molecule is COc1ccc(NC(=O)CSc2nnc(Cc3ccccc3)n2C)cc1OC. The Hall–Kier alpha value is -3.00. The summed E-state index contributed by atoms with van der Waals surface area (Å²) in [6.45, 7) is 0. The number of nitrogens with one attached hydrogen (secondary N) is 1. The molecule has 0 unspecified atom stereocenters. The van der Waals surface area contributed by atoms with E-state index in [1.807, 2.05) is 29.8 Å². The Morgan fingerprint density at radius 1 is 1.07 bits per heavy atom. The number of hydrogen-bond acceptors (Lipinski definition) is 6. The van der Waals surface area contributed by atoms with Crippen molar-refractivity contribution in [2.75, 3.05) is 25.3 Å². The molecule has 8 heteroatoms. The fourth-order valence-corrected chi connectivity index (χ4v) is 3.37. The minimum atomic E-state index is -0.134. The van der Waals surface area contributed by atoms with Gasteiger partial charge in [0.1, 0.15) is 5.82 Å². The van der Waals surface area contributed by atoms with Gasteiger partial charge in [-0.05, 0) is 17.7 Å². The first-order valence-corrected chi connectivity index (χ1v) is 9.66. The quantitative estimate of drug-likeness (QED) is 0.587. The van der Waals surface area contributed by atoms with E-state index >= 15 is 0 Å². The molecule has 1 aromatic heterocycles. The molecule has 0 aliphatic heterocycles. The molecule has 28 heavy (non-hydrogen) atoms. The van der Waals surface area contributed by atoms with Crippen molar-refractivity contribution >= 4 is 23.4 Å². The van der Waals surface area contributed by atoms with Crippen LogP contribution in [-0.2, 0) is 18.3 Å². The third-order valence-electron chi connectivity index (χ3n) is 4.13. The number of anilines is 1. The highest BCUT2D eigenvalue weighted by atomic mass is 32.2. The van der Waals surface area contributed by atoms with Gasteiger partial charge in [-0.15, -0.1) is 10.2 Å². The van der Waals surface area contributed by atoms with Gasteiger partial charge in [0.25, 0.3) is 0 Å². The average Bonchev–Trinajstić information content (AvgIpc) is 3.06. The second kappa shape index (κ2) is 9.27. The second-order valence-electron chi connectivity index (χ2n) is 6.03. The molecule has 3 rings (SSSR count). The first-order chi connectivity index (χ1) is 13.6. The molecule has 0 atom stereocenters. The number of nitrogens with zero attached hydrogens (tertiary/aromatic N) is 3. The van der Waals surface area contributed by atoms with Gasteiger partial charge in [-0.1, -0.05) is 42.1 Å². The third kappa shape index (κ3) is 4.83. The lowest BCUT2D eigenvalue weighted by Gasteiger charge is -2.10. The molecular formula is C20H22N4O3S. The number of thioether (sulfide) groups is 1. The van der Waals surface area contributed by atoms with Gasteiger partial charge in [0.2, 0.25) is 5.91 Å². The molecule has 146 valence electrons. The molecule has 0 spiro atoms. The Morgan fingerprint density at radius 2 is 1.82 bits per heavy atom. The van der Waals surface area contributed by atoms with E-state index in [1.165, 1.54) is 17.3 Å². The Bertz CT molecular complexity index is 944. The molecule has 1 N–H and O–H groups in total. The van der Waals surface area contributed by atoms with Crippen LogP contribution in [0.2, 0.25) is 0 Å². The number of benzene rings is 2. The number of ether oxygens (including phenoxy) is 2. The van der Waals surface area contributed by atoms with Crippen molar-refractivity contribution in [3.05, 3.63) is 59.9 Å². The van der Waals surface area contributed by atoms with E-state index in [2.05, 4.69) is 27.6 Å². The fraction of sp³-hybridized carbons (Fsp3) is 0.250. The van der Waals surface area contributed by atoms with Crippen LogP contribution in [-0.4, -0.2) is 40.6 Å². The zero-order valence-corrected chi connectivity index (χ0v) is 16.8. The molecule has 0 aliphatic rings. The van der Waals surface area contributed by atoms with Crippen molar-refractivity contribution in [3.8, 4) is 11.5 Å². The zero-order chi connectivity index (χ0) is 19.9.